The number of carbonyl (C=O) groups is 1. The van der Waals surface area contributed by atoms with E-state index in [4.69, 9.17) is 0 Å². The van der Waals surface area contributed by atoms with E-state index in [0.717, 1.165) is 29.8 Å². The van der Waals surface area contributed by atoms with Crippen molar-refractivity contribution in [3.05, 3.63) is 53.2 Å². The van der Waals surface area contributed by atoms with Gasteiger partial charge in [0.25, 0.3) is 5.91 Å². The van der Waals surface area contributed by atoms with Crippen molar-refractivity contribution in [1.82, 2.24) is 10.3 Å². The molecule has 0 unspecified atom stereocenters. The number of amides is 1. The number of anilines is 2. The smallest absolute Gasteiger partial charge is 0.251 e. The molecular weight excluding hydrogens is 364 g/mol. The van der Waals surface area contributed by atoms with Gasteiger partial charge in [-0.3, -0.25) is 9.10 Å². The monoisotopic (exact) mass is 388 g/mol. The van der Waals surface area contributed by atoms with E-state index in [0.29, 0.717) is 24.3 Å². The maximum Gasteiger partial charge on any atom is 0.251 e. The largest absolute Gasteiger partial charge is 0.363 e. The summed E-state index contributed by atoms with van der Waals surface area (Å²) in [6, 6.07) is 8.98. The Morgan fingerprint density at radius 1 is 1.26 bits per heavy atom. The molecule has 8 heteroatoms. The van der Waals surface area contributed by atoms with Crippen molar-refractivity contribution < 1.29 is 13.2 Å². The van der Waals surface area contributed by atoms with Crippen LogP contribution in [0, 0.1) is 0 Å². The average molecular weight is 388 g/mol. The third-order valence-corrected chi connectivity index (χ3v) is 5.72. The van der Waals surface area contributed by atoms with Crippen LogP contribution < -0.4 is 14.5 Å². The van der Waals surface area contributed by atoms with Crippen LogP contribution in [0.15, 0.2) is 36.5 Å². The summed E-state index contributed by atoms with van der Waals surface area (Å²) in [4.78, 5) is 18.7. The fraction of sp³-hybridized carbons (Fsp3) is 0.368. The fourth-order valence-electron chi connectivity index (χ4n) is 3.15. The van der Waals surface area contributed by atoms with E-state index in [-0.39, 0.29) is 5.91 Å². The van der Waals surface area contributed by atoms with Crippen molar-refractivity contribution in [3.63, 3.8) is 0 Å². The first-order valence-corrected chi connectivity index (χ1v) is 10.6. The highest BCUT2D eigenvalue weighted by atomic mass is 32.2. The molecule has 1 aliphatic rings. The third-order valence-electron chi connectivity index (χ3n) is 4.54. The zero-order valence-electron chi connectivity index (χ0n) is 15.8. The number of hydrogen-bond donors (Lipinski definition) is 1. The Morgan fingerprint density at radius 3 is 2.74 bits per heavy atom. The molecule has 1 aliphatic heterocycles. The second-order valence-electron chi connectivity index (χ2n) is 6.88. The van der Waals surface area contributed by atoms with Crippen LogP contribution in [-0.4, -0.2) is 46.2 Å². The van der Waals surface area contributed by atoms with Gasteiger partial charge in [-0.25, -0.2) is 13.4 Å². The van der Waals surface area contributed by atoms with Crippen molar-refractivity contribution in [1.29, 1.82) is 0 Å². The molecule has 0 aliphatic carbocycles. The van der Waals surface area contributed by atoms with Crippen LogP contribution in [0.1, 0.15) is 27.9 Å². The highest BCUT2D eigenvalue weighted by Gasteiger charge is 2.24. The van der Waals surface area contributed by atoms with Crippen molar-refractivity contribution >= 4 is 27.4 Å². The van der Waals surface area contributed by atoms with Gasteiger partial charge in [-0.2, -0.15) is 0 Å². The Kier molecular flexibility index (Phi) is 5.36. The minimum atomic E-state index is -3.31. The second-order valence-corrected chi connectivity index (χ2v) is 8.79. The summed E-state index contributed by atoms with van der Waals surface area (Å²) in [6.45, 7) is 0.877. The molecule has 0 saturated carbocycles. The molecule has 1 aromatic heterocycles. The molecule has 144 valence electrons. The highest BCUT2D eigenvalue weighted by molar-refractivity contribution is 7.92. The van der Waals surface area contributed by atoms with Gasteiger partial charge < -0.3 is 10.2 Å². The van der Waals surface area contributed by atoms with Crippen LogP contribution in [-0.2, 0) is 23.0 Å². The summed E-state index contributed by atoms with van der Waals surface area (Å²) >= 11 is 0. The minimum Gasteiger partial charge on any atom is -0.363 e. The fourth-order valence-corrected chi connectivity index (χ4v) is 4.14. The number of pyridine rings is 1. The lowest BCUT2D eigenvalue weighted by atomic mass is 10.0. The molecule has 27 heavy (non-hydrogen) atoms. The van der Waals surface area contributed by atoms with E-state index in [1.165, 1.54) is 10.6 Å². The Morgan fingerprint density at radius 2 is 2.04 bits per heavy atom. The molecule has 0 atom stereocenters. The molecule has 7 nitrogen and oxygen atoms in total. The van der Waals surface area contributed by atoms with Crippen molar-refractivity contribution in [2.45, 2.75) is 19.4 Å². The van der Waals surface area contributed by atoms with E-state index in [1.54, 1.807) is 24.4 Å². The molecule has 0 saturated heterocycles. The maximum atomic E-state index is 12.5. The molecule has 0 radical (unpaired) electrons. The van der Waals surface area contributed by atoms with Gasteiger partial charge in [0.2, 0.25) is 10.0 Å². The van der Waals surface area contributed by atoms with Crippen molar-refractivity contribution in [3.8, 4) is 0 Å². The van der Waals surface area contributed by atoms with E-state index >= 15 is 0 Å². The molecule has 0 fully saturated rings. The molecule has 1 amide bonds. The normalized spacial score (nSPS) is 13.8. The van der Waals surface area contributed by atoms with E-state index in [1.807, 2.05) is 31.1 Å². The standard InChI is InChI=1S/C19H24N4O3S/c1-22(2)18-11-14(8-9-20-18)13-21-19(24)16-6-7-17-15(12-16)5-4-10-23(17)27(3,25)26/h6-9,11-12H,4-5,10,13H2,1-3H3,(H,21,24). The third kappa shape index (κ3) is 4.39. The van der Waals surface area contributed by atoms with Gasteiger partial charge in [0.1, 0.15) is 5.82 Å². The minimum absolute atomic E-state index is 0.183. The van der Waals surface area contributed by atoms with E-state index in [2.05, 4.69) is 10.3 Å². The number of benzene rings is 1. The number of nitrogens with zero attached hydrogens (tertiary/aromatic N) is 3. The number of hydrogen-bond acceptors (Lipinski definition) is 5. The predicted octanol–water partition coefficient (Wildman–Crippen LogP) is 1.79. The average Bonchev–Trinajstić information content (AvgIpc) is 2.64. The number of aryl methyl sites for hydroxylation is 1. The Bertz CT molecular complexity index is 957. The van der Waals surface area contributed by atoms with Crippen molar-refractivity contribution in [2.75, 3.05) is 36.1 Å². The van der Waals surface area contributed by atoms with E-state index < -0.39 is 10.0 Å². The van der Waals surface area contributed by atoms with Gasteiger partial charge in [0.05, 0.1) is 11.9 Å². The SMILES string of the molecule is CN(C)c1cc(CNC(=O)c2ccc3c(c2)CCCN3S(C)(=O)=O)ccn1. The summed E-state index contributed by atoms with van der Waals surface area (Å²) in [5, 5.41) is 2.91. The van der Waals surface area contributed by atoms with Crippen LogP contribution in [0.5, 0.6) is 0 Å². The number of aromatic nitrogens is 1. The number of sulfonamides is 1. The molecule has 1 N–H and O–H groups in total. The number of carbonyl (C=O) groups excluding carboxylic acids is 1. The lowest BCUT2D eigenvalue weighted by Crippen LogP contribution is -2.34. The summed E-state index contributed by atoms with van der Waals surface area (Å²) in [5.41, 5.74) is 3.05. The first-order chi connectivity index (χ1) is 12.8. The number of nitrogens with one attached hydrogen (secondary N) is 1. The van der Waals surface area contributed by atoms with Gasteiger partial charge in [-0.05, 0) is 54.3 Å². The van der Waals surface area contributed by atoms with Crippen LogP contribution in [0.4, 0.5) is 11.5 Å². The quantitative estimate of drug-likeness (QED) is 0.844. The van der Waals surface area contributed by atoms with Crippen LogP contribution in [0.25, 0.3) is 0 Å². The van der Waals surface area contributed by atoms with Gasteiger partial charge in [0.15, 0.2) is 0 Å². The Labute approximate surface area is 160 Å². The number of fused-ring (bicyclic) bond motifs is 1. The summed E-state index contributed by atoms with van der Waals surface area (Å²) < 4.78 is 25.3. The van der Waals surface area contributed by atoms with E-state index in [9.17, 15) is 13.2 Å². The maximum absolute atomic E-state index is 12.5. The summed E-state index contributed by atoms with van der Waals surface area (Å²) in [6.07, 6.45) is 4.43. The van der Waals surface area contributed by atoms with Crippen LogP contribution in [0.3, 0.4) is 0 Å². The molecule has 0 bridgehead atoms. The molecule has 1 aromatic carbocycles. The molecule has 3 rings (SSSR count). The van der Waals surface area contributed by atoms with Gasteiger partial charge >= 0.3 is 0 Å². The topological polar surface area (TPSA) is 82.6 Å². The summed E-state index contributed by atoms with van der Waals surface area (Å²) in [5.74, 6) is 0.647. The van der Waals surface area contributed by atoms with Crippen molar-refractivity contribution in [2.24, 2.45) is 0 Å². The number of rotatable bonds is 5. The second kappa shape index (κ2) is 7.56. The van der Waals surface area contributed by atoms with Gasteiger partial charge in [-0.15, -0.1) is 0 Å². The molecule has 2 aromatic rings. The first kappa shape index (κ1) is 19.2. The Hall–Kier alpha value is -2.61. The lowest BCUT2D eigenvalue weighted by molar-refractivity contribution is 0.0951. The van der Waals surface area contributed by atoms with Gasteiger partial charge in [-0.1, -0.05) is 0 Å². The first-order valence-electron chi connectivity index (χ1n) is 8.77. The molecule has 2 heterocycles. The zero-order valence-corrected chi connectivity index (χ0v) is 16.6. The Balaban J connectivity index is 1.74. The molecule has 0 spiro atoms. The lowest BCUT2D eigenvalue weighted by Gasteiger charge is -2.29. The predicted molar refractivity (Wildman–Crippen MR) is 107 cm³/mol. The van der Waals surface area contributed by atoms with Crippen LogP contribution in [0.2, 0.25) is 0 Å². The molecular formula is C19H24N4O3S. The zero-order chi connectivity index (χ0) is 19.6. The van der Waals surface area contributed by atoms with Crippen LogP contribution >= 0.6 is 0 Å². The summed E-state index contributed by atoms with van der Waals surface area (Å²) in [7, 11) is 0.522. The highest BCUT2D eigenvalue weighted by Crippen LogP contribution is 2.29. The van der Waals surface area contributed by atoms with Gasteiger partial charge in [0, 0.05) is 38.9 Å².